The van der Waals surface area contributed by atoms with Gasteiger partial charge >= 0.3 is 5.97 Å². The zero-order chi connectivity index (χ0) is 14.1. The van der Waals surface area contributed by atoms with E-state index < -0.39 is 0 Å². The fourth-order valence-electron chi connectivity index (χ4n) is 2.85. The van der Waals surface area contributed by atoms with Crippen molar-refractivity contribution < 1.29 is 14.3 Å². The van der Waals surface area contributed by atoms with Gasteiger partial charge in [-0.05, 0) is 37.0 Å². The van der Waals surface area contributed by atoms with Crippen molar-refractivity contribution in [3.63, 3.8) is 0 Å². The second-order valence-electron chi connectivity index (χ2n) is 5.25. The Balaban J connectivity index is 1.67. The van der Waals surface area contributed by atoms with Gasteiger partial charge in [0.05, 0.1) is 10.4 Å². The second-order valence-corrected chi connectivity index (χ2v) is 6.36. The molecule has 3 rings (SSSR count). The molecule has 2 aliphatic rings. The number of ketones is 1. The van der Waals surface area contributed by atoms with E-state index in [0.29, 0.717) is 12.0 Å². The van der Waals surface area contributed by atoms with E-state index in [1.54, 1.807) is 12.1 Å². The molecule has 0 saturated carbocycles. The highest BCUT2D eigenvalue weighted by Crippen LogP contribution is 2.38. The Bertz CT molecular complexity index is 577. The first kappa shape index (κ1) is 13.6. The molecule has 0 amide bonds. The number of hydrogen-bond acceptors (Lipinski definition) is 3. The van der Waals surface area contributed by atoms with Gasteiger partial charge in [-0.15, -0.1) is 0 Å². The molecule has 0 spiro atoms. The second kappa shape index (κ2) is 5.52. The van der Waals surface area contributed by atoms with Crippen LogP contribution in [0, 0.1) is 0 Å². The van der Waals surface area contributed by atoms with E-state index in [-0.39, 0.29) is 22.7 Å². The zero-order valence-corrected chi connectivity index (χ0v) is 12.6. The molecule has 4 heteroatoms. The molecule has 104 valence electrons. The fraction of sp³-hybridized carbons (Fsp3) is 0.375. The van der Waals surface area contributed by atoms with Gasteiger partial charge in [-0.1, -0.05) is 39.7 Å². The molecule has 2 aliphatic carbocycles. The summed E-state index contributed by atoms with van der Waals surface area (Å²) < 4.78 is 5.53. The topological polar surface area (TPSA) is 43.4 Å². The third kappa shape index (κ3) is 2.57. The molecule has 0 heterocycles. The van der Waals surface area contributed by atoms with Crippen molar-refractivity contribution >= 4 is 27.7 Å². The number of alkyl halides is 1. The number of carbonyl (C=O) groups is 2. The van der Waals surface area contributed by atoms with Crippen molar-refractivity contribution in [1.82, 2.24) is 0 Å². The third-order valence-electron chi connectivity index (χ3n) is 3.92. The normalized spacial score (nSPS) is 25.6. The monoisotopic (exact) mass is 334 g/mol. The van der Waals surface area contributed by atoms with Gasteiger partial charge in [0.2, 0.25) is 0 Å². The molecule has 2 unspecified atom stereocenters. The summed E-state index contributed by atoms with van der Waals surface area (Å²) >= 11 is 3.40. The van der Waals surface area contributed by atoms with Crippen LogP contribution in [-0.4, -0.2) is 22.7 Å². The van der Waals surface area contributed by atoms with Crippen LogP contribution in [0.2, 0.25) is 0 Å². The van der Waals surface area contributed by atoms with Crippen molar-refractivity contribution in [3.8, 4) is 0 Å². The van der Waals surface area contributed by atoms with E-state index in [0.717, 1.165) is 24.8 Å². The maximum atomic E-state index is 12.0. The first-order valence-corrected chi connectivity index (χ1v) is 7.72. The van der Waals surface area contributed by atoms with Crippen molar-refractivity contribution in [1.29, 1.82) is 0 Å². The predicted molar refractivity (Wildman–Crippen MR) is 78.9 cm³/mol. The van der Waals surface area contributed by atoms with Crippen LogP contribution in [0.15, 0.2) is 41.5 Å². The molecule has 0 N–H and O–H groups in total. The standard InChI is InChI=1S/C16H15BrO3/c17-14-8-11-6-7-12(9-13(11)15(14)18)20-16(19)10-4-2-1-3-5-10/h1-5,12,14H,6-9H2. The van der Waals surface area contributed by atoms with Crippen LogP contribution in [0.1, 0.15) is 36.0 Å². The van der Waals surface area contributed by atoms with Gasteiger partial charge in [-0.3, -0.25) is 4.79 Å². The van der Waals surface area contributed by atoms with Crippen molar-refractivity contribution in [2.24, 2.45) is 0 Å². The van der Waals surface area contributed by atoms with Crippen LogP contribution in [0.3, 0.4) is 0 Å². The molecule has 0 bridgehead atoms. The molecule has 1 aromatic carbocycles. The molecule has 0 aliphatic heterocycles. The molecule has 0 aromatic heterocycles. The molecular weight excluding hydrogens is 320 g/mol. The quantitative estimate of drug-likeness (QED) is 0.614. The maximum absolute atomic E-state index is 12.0. The Morgan fingerprint density at radius 3 is 2.70 bits per heavy atom. The van der Waals surface area contributed by atoms with Crippen LogP contribution in [0.5, 0.6) is 0 Å². The zero-order valence-electron chi connectivity index (χ0n) is 11.0. The Kier molecular flexibility index (Phi) is 3.74. The van der Waals surface area contributed by atoms with E-state index in [4.69, 9.17) is 4.74 Å². The van der Waals surface area contributed by atoms with Crippen molar-refractivity contribution in [3.05, 3.63) is 47.0 Å². The highest BCUT2D eigenvalue weighted by Gasteiger charge is 2.36. The average molecular weight is 335 g/mol. The minimum atomic E-state index is -0.305. The Labute approximate surface area is 126 Å². The van der Waals surface area contributed by atoms with Gasteiger partial charge in [-0.25, -0.2) is 4.79 Å². The lowest BCUT2D eigenvalue weighted by Gasteiger charge is -2.23. The van der Waals surface area contributed by atoms with Gasteiger partial charge in [0.1, 0.15) is 6.10 Å². The molecule has 0 saturated heterocycles. The Hall–Kier alpha value is -1.42. The summed E-state index contributed by atoms with van der Waals surface area (Å²) in [4.78, 5) is 23.9. The lowest BCUT2D eigenvalue weighted by molar-refractivity contribution is -0.114. The van der Waals surface area contributed by atoms with E-state index in [9.17, 15) is 9.59 Å². The van der Waals surface area contributed by atoms with Gasteiger partial charge in [0.25, 0.3) is 0 Å². The summed E-state index contributed by atoms with van der Waals surface area (Å²) in [5.41, 5.74) is 2.68. The minimum Gasteiger partial charge on any atom is -0.458 e. The smallest absolute Gasteiger partial charge is 0.338 e. The largest absolute Gasteiger partial charge is 0.458 e. The highest BCUT2D eigenvalue weighted by atomic mass is 79.9. The molecule has 3 nitrogen and oxygen atoms in total. The Morgan fingerprint density at radius 2 is 1.95 bits per heavy atom. The summed E-state index contributed by atoms with van der Waals surface area (Å²) in [6.45, 7) is 0. The number of ether oxygens (including phenoxy) is 1. The number of Topliss-reactive ketones (excluding diaryl/α,β-unsaturated/α-hetero) is 1. The van der Waals surface area contributed by atoms with Crippen LogP contribution in [0.4, 0.5) is 0 Å². The number of carbonyl (C=O) groups excluding carboxylic acids is 2. The predicted octanol–water partition coefficient (Wildman–Crippen LogP) is 3.43. The molecular formula is C16H15BrO3. The first-order chi connectivity index (χ1) is 9.65. The summed E-state index contributed by atoms with van der Waals surface area (Å²) in [7, 11) is 0. The summed E-state index contributed by atoms with van der Waals surface area (Å²) in [6.07, 6.45) is 2.87. The molecule has 2 atom stereocenters. The number of esters is 1. The lowest BCUT2D eigenvalue weighted by atomic mass is 9.91. The van der Waals surface area contributed by atoms with E-state index >= 15 is 0 Å². The first-order valence-electron chi connectivity index (χ1n) is 6.80. The van der Waals surface area contributed by atoms with Crippen LogP contribution in [0.25, 0.3) is 0 Å². The average Bonchev–Trinajstić information content (AvgIpc) is 2.75. The van der Waals surface area contributed by atoms with E-state index in [1.807, 2.05) is 18.2 Å². The van der Waals surface area contributed by atoms with Crippen molar-refractivity contribution in [2.45, 2.75) is 36.6 Å². The molecule has 0 radical (unpaired) electrons. The number of rotatable bonds is 2. The van der Waals surface area contributed by atoms with Gasteiger partial charge in [-0.2, -0.15) is 0 Å². The van der Waals surface area contributed by atoms with Crippen LogP contribution >= 0.6 is 15.9 Å². The van der Waals surface area contributed by atoms with Crippen LogP contribution in [-0.2, 0) is 9.53 Å². The molecule has 1 aromatic rings. The lowest BCUT2D eigenvalue weighted by Crippen LogP contribution is -2.23. The summed E-state index contributed by atoms with van der Waals surface area (Å²) in [6, 6.07) is 8.97. The number of benzene rings is 1. The fourth-order valence-corrected chi connectivity index (χ4v) is 3.52. The number of halogens is 1. The SMILES string of the molecule is O=C(OC1CCC2=C(C1)C(=O)C(Br)C2)c1ccccc1. The molecule has 20 heavy (non-hydrogen) atoms. The third-order valence-corrected chi connectivity index (χ3v) is 4.66. The van der Waals surface area contributed by atoms with Crippen LogP contribution < -0.4 is 0 Å². The summed E-state index contributed by atoms with van der Waals surface area (Å²) in [5, 5.41) is 0. The van der Waals surface area contributed by atoms with Crippen molar-refractivity contribution in [2.75, 3.05) is 0 Å². The minimum absolute atomic E-state index is 0.0731. The maximum Gasteiger partial charge on any atom is 0.338 e. The Morgan fingerprint density at radius 1 is 1.20 bits per heavy atom. The van der Waals surface area contributed by atoms with Gasteiger partial charge in [0, 0.05) is 6.42 Å². The molecule has 0 fully saturated rings. The van der Waals surface area contributed by atoms with E-state index in [2.05, 4.69) is 15.9 Å². The van der Waals surface area contributed by atoms with E-state index in [1.165, 1.54) is 5.57 Å². The van der Waals surface area contributed by atoms with Gasteiger partial charge in [0.15, 0.2) is 5.78 Å². The summed E-state index contributed by atoms with van der Waals surface area (Å²) in [5.74, 6) is -0.138. The number of allylic oxidation sites excluding steroid dienone is 1. The number of hydrogen-bond donors (Lipinski definition) is 0. The highest BCUT2D eigenvalue weighted by molar-refractivity contribution is 9.10. The van der Waals surface area contributed by atoms with Gasteiger partial charge < -0.3 is 4.74 Å².